The molecular weight excluding hydrogens is 266 g/mol. The number of amides is 1. The number of rotatable bonds is 3. The fourth-order valence-electron chi connectivity index (χ4n) is 2.14. The van der Waals surface area contributed by atoms with Crippen LogP contribution in [0.4, 0.5) is 10.6 Å². The Morgan fingerprint density at radius 2 is 1.90 bits per heavy atom. The molecule has 112 valence electrons. The molecule has 1 aromatic heterocycles. The average molecular weight is 287 g/mol. The van der Waals surface area contributed by atoms with Gasteiger partial charge in [0.05, 0.1) is 11.4 Å². The van der Waals surface area contributed by atoms with Gasteiger partial charge in [0.25, 0.3) is 0 Å². The quantitative estimate of drug-likeness (QED) is 0.900. The Morgan fingerprint density at radius 1 is 1.29 bits per heavy atom. The first-order valence-electron chi connectivity index (χ1n) is 6.90. The molecule has 0 unspecified atom stereocenters. The summed E-state index contributed by atoms with van der Waals surface area (Å²) in [7, 11) is 0. The van der Waals surface area contributed by atoms with Crippen molar-refractivity contribution in [1.82, 2.24) is 9.78 Å². The van der Waals surface area contributed by atoms with Crippen molar-refractivity contribution >= 4 is 11.9 Å². The maximum absolute atomic E-state index is 10.9. The molecule has 1 heterocycles. The Hall–Kier alpha value is -2.30. The Kier molecular flexibility index (Phi) is 4.02. The summed E-state index contributed by atoms with van der Waals surface area (Å²) in [4.78, 5) is 10.9. The van der Waals surface area contributed by atoms with E-state index in [0.29, 0.717) is 5.82 Å². The van der Waals surface area contributed by atoms with Crippen molar-refractivity contribution in [2.75, 3.05) is 5.32 Å². The van der Waals surface area contributed by atoms with Crippen molar-refractivity contribution in [3.05, 3.63) is 41.6 Å². The van der Waals surface area contributed by atoms with Crippen LogP contribution >= 0.6 is 0 Å². The molecule has 0 aliphatic heterocycles. The Morgan fingerprint density at radius 3 is 2.43 bits per heavy atom. The number of nitrogens with zero attached hydrogens (tertiary/aromatic N) is 2. The van der Waals surface area contributed by atoms with Crippen LogP contribution < -0.4 is 5.32 Å². The molecule has 2 aromatic rings. The zero-order valence-corrected chi connectivity index (χ0v) is 12.8. The highest BCUT2D eigenvalue weighted by Gasteiger charge is 2.17. The molecular formula is C16H21N3O2. The average Bonchev–Trinajstić information content (AvgIpc) is 2.69. The third-order valence-corrected chi connectivity index (χ3v) is 2.98. The number of nitrogens with one attached hydrogen (secondary N) is 1. The molecule has 1 amide bonds. The summed E-state index contributed by atoms with van der Waals surface area (Å²) in [5.74, 6) is 0.464. The van der Waals surface area contributed by atoms with Gasteiger partial charge in [0.2, 0.25) is 0 Å². The lowest BCUT2D eigenvalue weighted by atomic mass is 9.91. The predicted molar refractivity (Wildman–Crippen MR) is 83.1 cm³/mol. The molecule has 1 aromatic carbocycles. The fraction of sp³-hybridized carbons (Fsp3) is 0.375. The molecule has 0 aliphatic carbocycles. The van der Waals surface area contributed by atoms with Gasteiger partial charge in [-0.15, -0.1) is 0 Å². The number of benzene rings is 1. The van der Waals surface area contributed by atoms with E-state index >= 15 is 0 Å². The van der Waals surface area contributed by atoms with Crippen molar-refractivity contribution < 1.29 is 9.90 Å². The lowest BCUT2D eigenvalue weighted by molar-refractivity contribution is 0.209. The van der Waals surface area contributed by atoms with Gasteiger partial charge in [-0.1, -0.05) is 38.5 Å². The number of hydrogen-bond donors (Lipinski definition) is 2. The standard InChI is InChI=1S/C16H21N3O2/c1-11-5-7-13(8-6-11)19-14(17-15(20)21)9-12(18-19)10-16(2,3)4/h5-9,17H,10H2,1-4H3,(H,20,21). The second kappa shape index (κ2) is 5.60. The molecule has 0 saturated heterocycles. The second-order valence-corrected chi connectivity index (χ2v) is 6.44. The van der Waals surface area contributed by atoms with Crippen LogP contribution in [0.15, 0.2) is 30.3 Å². The molecule has 0 fully saturated rings. The summed E-state index contributed by atoms with van der Waals surface area (Å²) >= 11 is 0. The first kappa shape index (κ1) is 15.1. The summed E-state index contributed by atoms with van der Waals surface area (Å²) in [6.45, 7) is 8.39. The van der Waals surface area contributed by atoms with Gasteiger partial charge in [0.1, 0.15) is 5.82 Å². The minimum absolute atomic E-state index is 0.0902. The second-order valence-electron chi connectivity index (χ2n) is 6.44. The minimum Gasteiger partial charge on any atom is -0.465 e. The molecule has 0 aliphatic rings. The highest BCUT2D eigenvalue weighted by atomic mass is 16.4. The van der Waals surface area contributed by atoms with Crippen molar-refractivity contribution in [1.29, 1.82) is 0 Å². The van der Waals surface area contributed by atoms with E-state index < -0.39 is 6.09 Å². The van der Waals surface area contributed by atoms with Gasteiger partial charge in [-0.25, -0.2) is 9.48 Å². The number of anilines is 1. The van der Waals surface area contributed by atoms with E-state index in [-0.39, 0.29) is 5.41 Å². The lowest BCUT2D eigenvalue weighted by Gasteiger charge is -2.15. The maximum Gasteiger partial charge on any atom is 0.410 e. The number of carboxylic acid groups (broad SMARTS) is 1. The van der Waals surface area contributed by atoms with Crippen molar-refractivity contribution in [3.63, 3.8) is 0 Å². The first-order chi connectivity index (χ1) is 9.74. The molecule has 0 radical (unpaired) electrons. The highest BCUT2D eigenvalue weighted by Crippen LogP contribution is 2.24. The van der Waals surface area contributed by atoms with E-state index in [1.165, 1.54) is 0 Å². The van der Waals surface area contributed by atoms with Gasteiger partial charge in [-0.05, 0) is 30.9 Å². The molecule has 0 atom stereocenters. The van der Waals surface area contributed by atoms with Gasteiger partial charge in [-0.3, -0.25) is 5.32 Å². The molecule has 21 heavy (non-hydrogen) atoms. The zero-order chi connectivity index (χ0) is 15.6. The first-order valence-corrected chi connectivity index (χ1v) is 6.90. The summed E-state index contributed by atoms with van der Waals surface area (Å²) in [5.41, 5.74) is 2.94. The molecule has 2 N–H and O–H groups in total. The fourth-order valence-corrected chi connectivity index (χ4v) is 2.14. The van der Waals surface area contributed by atoms with Crippen molar-refractivity contribution in [3.8, 4) is 5.69 Å². The van der Waals surface area contributed by atoms with Crippen molar-refractivity contribution in [2.24, 2.45) is 5.41 Å². The third-order valence-electron chi connectivity index (χ3n) is 2.98. The van der Waals surface area contributed by atoms with Gasteiger partial charge >= 0.3 is 6.09 Å². The molecule has 0 spiro atoms. The van der Waals surface area contributed by atoms with Crippen LogP contribution in [0, 0.1) is 12.3 Å². The molecule has 5 nitrogen and oxygen atoms in total. The topological polar surface area (TPSA) is 67.2 Å². The Balaban J connectivity index is 2.41. The number of aryl methyl sites for hydroxylation is 1. The summed E-state index contributed by atoms with van der Waals surface area (Å²) in [6.07, 6.45) is -0.314. The van der Waals surface area contributed by atoms with Crippen LogP contribution in [0.2, 0.25) is 0 Å². The smallest absolute Gasteiger partial charge is 0.410 e. The van der Waals surface area contributed by atoms with Crippen LogP contribution in [-0.4, -0.2) is 21.0 Å². The summed E-state index contributed by atoms with van der Waals surface area (Å²) < 4.78 is 1.63. The molecule has 2 rings (SSSR count). The van der Waals surface area contributed by atoms with Crippen LogP contribution in [0.25, 0.3) is 5.69 Å². The number of hydrogen-bond acceptors (Lipinski definition) is 2. The molecule has 0 saturated carbocycles. The zero-order valence-electron chi connectivity index (χ0n) is 12.8. The lowest BCUT2D eigenvalue weighted by Crippen LogP contribution is -2.12. The maximum atomic E-state index is 10.9. The Bertz CT molecular complexity index is 637. The van der Waals surface area contributed by atoms with E-state index in [1.54, 1.807) is 10.7 Å². The van der Waals surface area contributed by atoms with E-state index in [0.717, 1.165) is 23.4 Å². The van der Waals surface area contributed by atoms with Gasteiger partial charge in [0.15, 0.2) is 0 Å². The largest absolute Gasteiger partial charge is 0.465 e. The number of carbonyl (C=O) groups is 1. The van der Waals surface area contributed by atoms with Crippen LogP contribution in [0.3, 0.4) is 0 Å². The van der Waals surface area contributed by atoms with E-state index in [9.17, 15) is 4.79 Å². The number of aromatic nitrogens is 2. The van der Waals surface area contributed by atoms with Gasteiger partial charge in [0, 0.05) is 6.07 Å². The Labute approximate surface area is 124 Å². The van der Waals surface area contributed by atoms with Crippen LogP contribution in [-0.2, 0) is 6.42 Å². The predicted octanol–water partition coefficient (Wildman–Crippen LogP) is 3.86. The van der Waals surface area contributed by atoms with Gasteiger partial charge in [-0.2, -0.15) is 5.10 Å². The normalized spacial score (nSPS) is 11.4. The monoisotopic (exact) mass is 287 g/mol. The molecule has 0 bridgehead atoms. The third kappa shape index (κ3) is 4.08. The summed E-state index contributed by atoms with van der Waals surface area (Å²) in [5, 5.41) is 15.9. The van der Waals surface area contributed by atoms with E-state index in [4.69, 9.17) is 5.11 Å². The minimum atomic E-state index is -1.09. The SMILES string of the molecule is Cc1ccc(-n2nc(CC(C)(C)C)cc2NC(=O)O)cc1. The van der Waals surface area contributed by atoms with Crippen molar-refractivity contribution in [2.45, 2.75) is 34.1 Å². The van der Waals surface area contributed by atoms with E-state index in [1.807, 2.05) is 31.2 Å². The summed E-state index contributed by atoms with van der Waals surface area (Å²) in [6, 6.07) is 9.60. The highest BCUT2D eigenvalue weighted by molar-refractivity contribution is 5.82. The van der Waals surface area contributed by atoms with E-state index in [2.05, 4.69) is 31.2 Å². The van der Waals surface area contributed by atoms with Crippen LogP contribution in [0.1, 0.15) is 32.0 Å². The van der Waals surface area contributed by atoms with Crippen LogP contribution in [0.5, 0.6) is 0 Å². The molecule has 5 heteroatoms. The van der Waals surface area contributed by atoms with Gasteiger partial charge < -0.3 is 5.11 Å².